The van der Waals surface area contributed by atoms with Gasteiger partial charge in [0.25, 0.3) is 5.91 Å². The van der Waals surface area contributed by atoms with Crippen molar-refractivity contribution in [3.63, 3.8) is 0 Å². The molecule has 1 heterocycles. The third kappa shape index (κ3) is 2.62. The summed E-state index contributed by atoms with van der Waals surface area (Å²) in [5, 5.41) is 3.79. The lowest BCUT2D eigenvalue weighted by Gasteiger charge is -2.51. The maximum atomic E-state index is 13.7. The Bertz CT molecular complexity index is 1040. The predicted molar refractivity (Wildman–Crippen MR) is 112 cm³/mol. The highest BCUT2D eigenvalue weighted by Crippen LogP contribution is 2.45. The summed E-state index contributed by atoms with van der Waals surface area (Å²) >= 11 is 0. The van der Waals surface area contributed by atoms with Gasteiger partial charge in [0.05, 0.1) is 5.56 Å². The summed E-state index contributed by atoms with van der Waals surface area (Å²) in [5.41, 5.74) is 6.15. The first kappa shape index (κ1) is 17.1. The van der Waals surface area contributed by atoms with Crippen molar-refractivity contribution in [1.29, 1.82) is 0 Å². The highest BCUT2D eigenvalue weighted by molar-refractivity contribution is 6.02. The molecule has 1 unspecified atom stereocenters. The van der Waals surface area contributed by atoms with Crippen LogP contribution in [-0.2, 0) is 18.6 Å². The Hall–Kier alpha value is -3.07. The van der Waals surface area contributed by atoms with Crippen LogP contribution in [0.4, 0.5) is 5.69 Å². The third-order valence-electron chi connectivity index (χ3n) is 6.11. The number of carbonyl (C=O) groups is 1. The van der Waals surface area contributed by atoms with Crippen LogP contribution in [0.2, 0.25) is 0 Å². The molecular formula is C25H24N2O. The van der Waals surface area contributed by atoms with E-state index >= 15 is 0 Å². The van der Waals surface area contributed by atoms with Crippen LogP contribution in [0.25, 0.3) is 0 Å². The molecule has 0 aromatic heterocycles. The van der Waals surface area contributed by atoms with Gasteiger partial charge in [0, 0.05) is 17.8 Å². The number of carbonyl (C=O) groups excluding carboxylic acids is 1. The molecule has 0 saturated heterocycles. The number of hydrogen-bond acceptors (Lipinski definition) is 2. The van der Waals surface area contributed by atoms with E-state index < -0.39 is 5.66 Å². The van der Waals surface area contributed by atoms with E-state index in [0.29, 0.717) is 6.54 Å². The molecule has 28 heavy (non-hydrogen) atoms. The molecule has 0 fully saturated rings. The van der Waals surface area contributed by atoms with Crippen LogP contribution >= 0.6 is 0 Å². The Morgan fingerprint density at radius 3 is 2.57 bits per heavy atom. The molecule has 3 aromatic rings. The van der Waals surface area contributed by atoms with Gasteiger partial charge in [0.15, 0.2) is 0 Å². The van der Waals surface area contributed by atoms with Gasteiger partial charge in [0.2, 0.25) is 0 Å². The van der Waals surface area contributed by atoms with Gasteiger partial charge >= 0.3 is 0 Å². The summed E-state index contributed by atoms with van der Waals surface area (Å²) in [6.45, 7) is 2.68. The maximum absolute atomic E-state index is 13.7. The Labute approximate surface area is 166 Å². The molecule has 1 spiro atoms. The normalized spacial score (nSPS) is 20.5. The summed E-state index contributed by atoms with van der Waals surface area (Å²) in [6.07, 6.45) is 3.04. The molecule has 1 amide bonds. The van der Waals surface area contributed by atoms with E-state index in [1.807, 2.05) is 24.3 Å². The second kappa shape index (κ2) is 6.52. The average Bonchev–Trinajstić information content (AvgIpc) is 2.73. The Kier molecular flexibility index (Phi) is 3.97. The number of aryl methyl sites for hydroxylation is 2. The highest BCUT2D eigenvalue weighted by atomic mass is 16.2. The van der Waals surface area contributed by atoms with Crippen LogP contribution in [0.5, 0.6) is 0 Å². The van der Waals surface area contributed by atoms with Gasteiger partial charge < -0.3 is 10.2 Å². The fraction of sp³-hybridized carbons (Fsp3) is 0.240. The van der Waals surface area contributed by atoms with Gasteiger partial charge in [-0.2, -0.15) is 0 Å². The maximum Gasteiger partial charge on any atom is 0.258 e. The standard InChI is InChI=1S/C25H24N2O/c1-18-12-14-19(15-13-18)17-27-24(28)21-9-3-5-11-23(21)26-25(27)16-6-8-20-7-2-4-10-22(20)25/h2-5,7,9-15,26H,6,8,16-17H2,1H3. The molecule has 0 radical (unpaired) electrons. The van der Waals surface area contributed by atoms with E-state index in [4.69, 9.17) is 0 Å². The monoisotopic (exact) mass is 368 g/mol. The van der Waals surface area contributed by atoms with E-state index in [2.05, 4.69) is 65.7 Å². The number of para-hydroxylation sites is 1. The minimum atomic E-state index is -0.495. The predicted octanol–water partition coefficient (Wildman–Crippen LogP) is 5.25. The second-order valence-electron chi connectivity index (χ2n) is 7.92. The number of benzene rings is 3. The Balaban J connectivity index is 1.67. The van der Waals surface area contributed by atoms with Crippen molar-refractivity contribution < 1.29 is 4.79 Å². The molecule has 0 saturated carbocycles. The Morgan fingerprint density at radius 1 is 0.964 bits per heavy atom. The molecule has 3 aromatic carbocycles. The quantitative estimate of drug-likeness (QED) is 0.670. The van der Waals surface area contributed by atoms with E-state index in [1.54, 1.807) is 0 Å². The van der Waals surface area contributed by atoms with Gasteiger partial charge in [0.1, 0.15) is 5.66 Å². The lowest BCUT2D eigenvalue weighted by molar-refractivity contribution is 0.0417. The number of amides is 1. The van der Waals surface area contributed by atoms with Crippen LogP contribution in [-0.4, -0.2) is 10.8 Å². The zero-order valence-electron chi connectivity index (χ0n) is 16.1. The summed E-state index contributed by atoms with van der Waals surface area (Å²) in [5.74, 6) is 0.103. The van der Waals surface area contributed by atoms with E-state index in [0.717, 1.165) is 36.1 Å². The van der Waals surface area contributed by atoms with Crippen molar-refractivity contribution in [2.75, 3.05) is 5.32 Å². The minimum absolute atomic E-state index is 0.103. The molecule has 0 bridgehead atoms. The molecule has 140 valence electrons. The topological polar surface area (TPSA) is 32.3 Å². The first-order valence-corrected chi connectivity index (χ1v) is 10.0. The van der Waals surface area contributed by atoms with Gasteiger partial charge in [-0.05, 0) is 49.4 Å². The fourth-order valence-corrected chi connectivity index (χ4v) is 4.69. The van der Waals surface area contributed by atoms with Crippen molar-refractivity contribution in [2.45, 2.75) is 38.4 Å². The zero-order valence-corrected chi connectivity index (χ0v) is 16.1. The lowest BCUT2D eigenvalue weighted by Crippen LogP contribution is -2.58. The molecule has 3 heteroatoms. The first-order chi connectivity index (χ1) is 13.7. The van der Waals surface area contributed by atoms with Crippen LogP contribution < -0.4 is 5.32 Å². The van der Waals surface area contributed by atoms with Crippen molar-refractivity contribution in [2.24, 2.45) is 0 Å². The molecular weight excluding hydrogens is 344 g/mol. The number of nitrogens with zero attached hydrogens (tertiary/aromatic N) is 1. The smallest absolute Gasteiger partial charge is 0.258 e. The summed E-state index contributed by atoms with van der Waals surface area (Å²) in [7, 11) is 0. The second-order valence-corrected chi connectivity index (χ2v) is 7.92. The van der Waals surface area contributed by atoms with Crippen molar-refractivity contribution in [3.8, 4) is 0 Å². The molecule has 1 N–H and O–H groups in total. The van der Waals surface area contributed by atoms with Gasteiger partial charge in [-0.1, -0.05) is 66.2 Å². The average molecular weight is 368 g/mol. The zero-order chi connectivity index (χ0) is 19.1. The Morgan fingerprint density at radius 2 is 1.71 bits per heavy atom. The van der Waals surface area contributed by atoms with Crippen molar-refractivity contribution in [3.05, 3.63) is 101 Å². The lowest BCUT2D eigenvalue weighted by atomic mass is 9.79. The van der Waals surface area contributed by atoms with E-state index in [1.165, 1.54) is 16.7 Å². The number of hydrogen-bond donors (Lipinski definition) is 1. The SMILES string of the molecule is Cc1ccc(CN2C(=O)c3ccccc3NC23CCCc2ccccc23)cc1. The molecule has 5 rings (SSSR count). The number of rotatable bonds is 2. The first-order valence-electron chi connectivity index (χ1n) is 10.0. The van der Waals surface area contributed by atoms with Crippen molar-refractivity contribution in [1.82, 2.24) is 4.90 Å². The number of fused-ring (bicyclic) bond motifs is 3. The summed E-state index contributed by atoms with van der Waals surface area (Å²) < 4.78 is 0. The molecule has 2 aliphatic rings. The van der Waals surface area contributed by atoms with Crippen LogP contribution in [0.15, 0.2) is 72.8 Å². The largest absolute Gasteiger partial charge is 0.358 e. The fourth-order valence-electron chi connectivity index (χ4n) is 4.69. The van der Waals surface area contributed by atoms with E-state index in [9.17, 15) is 4.79 Å². The third-order valence-corrected chi connectivity index (χ3v) is 6.11. The van der Waals surface area contributed by atoms with Gasteiger partial charge in [-0.15, -0.1) is 0 Å². The summed E-state index contributed by atoms with van der Waals surface area (Å²) in [4.78, 5) is 15.7. The molecule has 3 nitrogen and oxygen atoms in total. The van der Waals surface area contributed by atoms with E-state index in [-0.39, 0.29) is 5.91 Å². The summed E-state index contributed by atoms with van der Waals surface area (Å²) in [6, 6.07) is 25.0. The van der Waals surface area contributed by atoms with Gasteiger partial charge in [-0.25, -0.2) is 0 Å². The minimum Gasteiger partial charge on any atom is -0.358 e. The van der Waals surface area contributed by atoms with Crippen LogP contribution in [0.1, 0.15) is 45.5 Å². The van der Waals surface area contributed by atoms with Crippen LogP contribution in [0.3, 0.4) is 0 Å². The van der Waals surface area contributed by atoms with Crippen molar-refractivity contribution >= 4 is 11.6 Å². The van der Waals surface area contributed by atoms with Gasteiger partial charge in [-0.3, -0.25) is 4.79 Å². The highest BCUT2D eigenvalue weighted by Gasteiger charge is 2.47. The molecule has 1 atom stereocenters. The number of nitrogens with one attached hydrogen (secondary N) is 1. The molecule has 1 aliphatic carbocycles. The molecule has 1 aliphatic heterocycles. The van der Waals surface area contributed by atoms with Crippen LogP contribution in [0, 0.1) is 6.92 Å². The number of anilines is 1.